The fourth-order valence-electron chi connectivity index (χ4n) is 6.74. The monoisotopic (exact) mass is 403 g/mol. The van der Waals surface area contributed by atoms with Gasteiger partial charge in [0, 0.05) is 37.4 Å². The molecule has 6 heteroatoms. The fourth-order valence-corrected chi connectivity index (χ4v) is 6.74. The summed E-state index contributed by atoms with van der Waals surface area (Å²) in [4.78, 5) is 18.8. The van der Waals surface area contributed by atoms with Crippen LogP contribution in [0.1, 0.15) is 80.9 Å². The van der Waals surface area contributed by atoms with Gasteiger partial charge in [0.1, 0.15) is 5.67 Å². The molecular formula is C23H34FN3O2. The van der Waals surface area contributed by atoms with E-state index in [9.17, 15) is 4.79 Å². The third kappa shape index (κ3) is 4.19. The average Bonchev–Trinajstić information content (AvgIpc) is 2.63. The first-order valence-electron chi connectivity index (χ1n) is 11.1. The van der Waals surface area contributed by atoms with E-state index in [2.05, 4.69) is 30.7 Å². The Morgan fingerprint density at radius 3 is 2.90 bits per heavy atom. The van der Waals surface area contributed by atoms with Gasteiger partial charge in [-0.2, -0.15) is 0 Å². The molecule has 3 aliphatic rings. The molecule has 1 amide bonds. The molecule has 4 rings (SSSR count). The summed E-state index contributed by atoms with van der Waals surface area (Å²) in [6.45, 7) is 8.29. The Hall–Kier alpha value is -1.53. The van der Waals surface area contributed by atoms with Gasteiger partial charge in [-0.3, -0.25) is 19.9 Å². The Morgan fingerprint density at radius 2 is 2.21 bits per heavy atom. The molecule has 2 N–H and O–H groups in total. The van der Waals surface area contributed by atoms with Crippen molar-refractivity contribution in [2.75, 3.05) is 6.54 Å². The molecule has 29 heavy (non-hydrogen) atoms. The molecule has 2 saturated carbocycles. The van der Waals surface area contributed by atoms with Gasteiger partial charge in [0.15, 0.2) is 0 Å². The van der Waals surface area contributed by atoms with Gasteiger partial charge in [0.25, 0.3) is 5.91 Å². The van der Waals surface area contributed by atoms with Crippen LogP contribution in [-0.2, 0) is 13.0 Å². The van der Waals surface area contributed by atoms with E-state index in [0.29, 0.717) is 36.3 Å². The van der Waals surface area contributed by atoms with Crippen molar-refractivity contribution in [2.24, 2.45) is 17.3 Å². The summed E-state index contributed by atoms with van der Waals surface area (Å²) >= 11 is 0. The maximum absolute atomic E-state index is 15.6. The number of hydroxylamine groups is 1. The molecule has 1 aromatic heterocycles. The minimum atomic E-state index is -1.00. The van der Waals surface area contributed by atoms with Crippen LogP contribution in [0.5, 0.6) is 0 Å². The minimum absolute atomic E-state index is 0.0176. The Balaban J connectivity index is 1.54. The van der Waals surface area contributed by atoms with E-state index in [1.165, 1.54) is 6.20 Å². The van der Waals surface area contributed by atoms with Crippen molar-refractivity contribution in [3.8, 4) is 0 Å². The van der Waals surface area contributed by atoms with E-state index >= 15 is 4.39 Å². The number of hydrogen-bond acceptors (Lipinski definition) is 4. The molecule has 5 unspecified atom stereocenters. The van der Waals surface area contributed by atoms with Crippen LogP contribution in [0.25, 0.3) is 0 Å². The van der Waals surface area contributed by atoms with Crippen LogP contribution in [0, 0.1) is 17.3 Å². The van der Waals surface area contributed by atoms with Crippen molar-refractivity contribution >= 4 is 5.91 Å². The standard InChI is InChI=1S/C23H34FN3O2/c1-4-19-7-20-18(6-17(11-25-20)21(28)26-29)12-27(19)14-22(3)9-16-5-15(2)8-23(24,10-16)13-22/h6,11,15-16,19,29H,4-5,7-10,12-14H2,1-3H3,(H,26,28). The highest BCUT2D eigenvalue weighted by atomic mass is 19.1. The highest BCUT2D eigenvalue weighted by Crippen LogP contribution is 2.54. The maximum Gasteiger partial charge on any atom is 0.276 e. The number of amides is 1. The summed E-state index contributed by atoms with van der Waals surface area (Å²) in [5.74, 6) is 0.460. The van der Waals surface area contributed by atoms with Gasteiger partial charge in [0.05, 0.1) is 5.56 Å². The summed E-state index contributed by atoms with van der Waals surface area (Å²) in [6, 6.07) is 2.23. The molecule has 5 nitrogen and oxygen atoms in total. The van der Waals surface area contributed by atoms with Gasteiger partial charge in [-0.1, -0.05) is 20.8 Å². The van der Waals surface area contributed by atoms with Crippen molar-refractivity contribution in [2.45, 2.75) is 84.0 Å². The van der Waals surface area contributed by atoms with Crippen LogP contribution in [0.3, 0.4) is 0 Å². The van der Waals surface area contributed by atoms with Gasteiger partial charge in [0.2, 0.25) is 0 Å². The molecule has 0 spiro atoms. The smallest absolute Gasteiger partial charge is 0.276 e. The van der Waals surface area contributed by atoms with Gasteiger partial charge in [-0.05, 0) is 67.4 Å². The quantitative estimate of drug-likeness (QED) is 0.582. The summed E-state index contributed by atoms with van der Waals surface area (Å²) in [5, 5.41) is 8.92. The Labute approximate surface area is 173 Å². The molecule has 1 aromatic rings. The predicted molar refractivity (Wildman–Crippen MR) is 109 cm³/mol. The molecule has 5 atom stereocenters. The zero-order valence-corrected chi connectivity index (χ0v) is 17.9. The number of nitrogens with one attached hydrogen (secondary N) is 1. The number of pyridine rings is 1. The van der Waals surface area contributed by atoms with E-state index in [4.69, 9.17) is 5.21 Å². The third-order valence-electron chi connectivity index (χ3n) is 7.43. The molecule has 2 aliphatic carbocycles. The van der Waals surface area contributed by atoms with Crippen LogP contribution in [0.15, 0.2) is 12.3 Å². The second kappa shape index (κ2) is 7.62. The Bertz CT molecular complexity index is 783. The third-order valence-corrected chi connectivity index (χ3v) is 7.43. The van der Waals surface area contributed by atoms with Crippen molar-refractivity contribution in [3.63, 3.8) is 0 Å². The van der Waals surface area contributed by atoms with Crippen LogP contribution in [-0.4, -0.2) is 39.3 Å². The number of halogens is 1. The van der Waals surface area contributed by atoms with Crippen LogP contribution in [0.2, 0.25) is 0 Å². The topological polar surface area (TPSA) is 65.5 Å². The van der Waals surface area contributed by atoms with Gasteiger partial charge in [-0.25, -0.2) is 9.87 Å². The van der Waals surface area contributed by atoms with Crippen molar-refractivity contribution < 1.29 is 14.4 Å². The second-order valence-electron chi connectivity index (χ2n) is 10.4. The zero-order chi connectivity index (χ0) is 20.8. The summed E-state index contributed by atoms with van der Waals surface area (Å²) in [5.41, 5.74) is 3.11. The Morgan fingerprint density at radius 1 is 1.41 bits per heavy atom. The summed E-state index contributed by atoms with van der Waals surface area (Å²) in [6.07, 6.45) is 7.79. The normalized spacial score (nSPS) is 37.1. The molecule has 1 aliphatic heterocycles. The lowest BCUT2D eigenvalue weighted by atomic mass is 9.58. The number of aromatic nitrogens is 1. The lowest BCUT2D eigenvalue weighted by molar-refractivity contribution is -0.0688. The molecule has 0 radical (unpaired) electrons. The van der Waals surface area contributed by atoms with Gasteiger partial charge < -0.3 is 0 Å². The van der Waals surface area contributed by atoms with Crippen LogP contribution in [0.4, 0.5) is 4.39 Å². The number of carbonyl (C=O) groups is 1. The first-order valence-corrected chi connectivity index (χ1v) is 11.1. The Kier molecular flexibility index (Phi) is 5.45. The summed E-state index contributed by atoms with van der Waals surface area (Å²) in [7, 11) is 0. The van der Waals surface area contributed by atoms with E-state index in [0.717, 1.165) is 56.5 Å². The SMILES string of the molecule is CCC1Cc2ncc(C(=O)NO)cc2CN1CC1(C)CC2CC(C)CC(F)(C2)C1. The highest BCUT2D eigenvalue weighted by molar-refractivity contribution is 5.93. The molecule has 0 aromatic carbocycles. The van der Waals surface area contributed by atoms with Crippen molar-refractivity contribution in [3.05, 3.63) is 29.1 Å². The largest absolute Gasteiger partial charge is 0.295 e. The first-order chi connectivity index (χ1) is 13.7. The van der Waals surface area contributed by atoms with Crippen molar-refractivity contribution in [1.82, 2.24) is 15.4 Å². The highest BCUT2D eigenvalue weighted by Gasteiger charge is 2.51. The van der Waals surface area contributed by atoms with E-state index in [1.807, 2.05) is 6.07 Å². The van der Waals surface area contributed by atoms with Gasteiger partial charge in [-0.15, -0.1) is 0 Å². The number of hydrogen-bond donors (Lipinski definition) is 2. The van der Waals surface area contributed by atoms with Crippen LogP contribution >= 0.6 is 0 Å². The number of alkyl halides is 1. The zero-order valence-electron chi connectivity index (χ0n) is 17.9. The van der Waals surface area contributed by atoms with Crippen molar-refractivity contribution in [1.29, 1.82) is 0 Å². The molecule has 2 heterocycles. The number of nitrogens with zero attached hydrogens (tertiary/aromatic N) is 2. The number of carbonyl (C=O) groups excluding carboxylic acids is 1. The first kappa shape index (κ1) is 20.7. The number of rotatable bonds is 4. The lowest BCUT2D eigenvalue weighted by Gasteiger charge is -2.52. The maximum atomic E-state index is 15.6. The lowest BCUT2D eigenvalue weighted by Crippen LogP contribution is -2.52. The van der Waals surface area contributed by atoms with E-state index < -0.39 is 11.6 Å². The molecule has 0 saturated heterocycles. The average molecular weight is 404 g/mol. The number of fused-ring (bicyclic) bond motifs is 3. The fraction of sp³-hybridized carbons (Fsp3) is 0.739. The van der Waals surface area contributed by atoms with Gasteiger partial charge >= 0.3 is 0 Å². The predicted octanol–water partition coefficient (Wildman–Crippen LogP) is 4.28. The van der Waals surface area contributed by atoms with E-state index in [1.54, 1.807) is 5.48 Å². The van der Waals surface area contributed by atoms with E-state index in [-0.39, 0.29) is 5.41 Å². The van der Waals surface area contributed by atoms with Crippen LogP contribution < -0.4 is 5.48 Å². The molecule has 2 fully saturated rings. The molecule has 160 valence electrons. The summed E-state index contributed by atoms with van der Waals surface area (Å²) < 4.78 is 15.6. The second-order valence-corrected chi connectivity index (χ2v) is 10.4. The molecular weight excluding hydrogens is 369 g/mol. The minimum Gasteiger partial charge on any atom is -0.295 e. The molecule has 2 bridgehead atoms.